The predicted octanol–water partition coefficient (Wildman–Crippen LogP) is 5.65. The van der Waals surface area contributed by atoms with E-state index in [1.165, 1.54) is 0 Å². The molecule has 1 aliphatic heterocycles. The molecule has 4 nitrogen and oxygen atoms in total. The van der Waals surface area contributed by atoms with E-state index < -0.39 is 18.3 Å². The predicted molar refractivity (Wildman–Crippen MR) is 127 cm³/mol. The Kier molecular flexibility index (Phi) is 4.74. The van der Waals surface area contributed by atoms with Gasteiger partial charge in [-0.1, -0.05) is 60.1 Å². The smallest absolute Gasteiger partial charge is 0.399 e. The van der Waals surface area contributed by atoms with E-state index in [1.807, 2.05) is 76.2 Å². The number of aromatic nitrogens is 2. The first kappa shape index (κ1) is 20.3. The van der Waals surface area contributed by atoms with E-state index in [2.05, 4.69) is 28.8 Å². The van der Waals surface area contributed by atoms with Crippen LogP contribution in [-0.4, -0.2) is 27.9 Å². The van der Waals surface area contributed by atoms with Gasteiger partial charge in [-0.3, -0.25) is 4.57 Å². The Morgan fingerprint density at radius 2 is 1.42 bits per heavy atom. The third kappa shape index (κ3) is 3.37. The van der Waals surface area contributed by atoms with Crippen LogP contribution in [-0.2, 0) is 9.31 Å². The lowest BCUT2D eigenvalue weighted by Gasteiger charge is -2.32. The molecule has 2 heterocycles. The quantitative estimate of drug-likeness (QED) is 0.394. The highest BCUT2D eigenvalue weighted by Gasteiger charge is 2.52. The van der Waals surface area contributed by atoms with Crippen molar-refractivity contribution in [2.45, 2.75) is 38.9 Å². The Morgan fingerprint density at radius 3 is 2.03 bits per heavy atom. The topological polar surface area (TPSA) is 36.3 Å². The molecule has 1 aliphatic rings. The molecule has 0 N–H and O–H groups in total. The maximum atomic E-state index is 6.61. The zero-order valence-electron chi connectivity index (χ0n) is 18.1. The van der Waals surface area contributed by atoms with Crippen LogP contribution in [0.25, 0.3) is 28.1 Å². The number of hydrogen-bond acceptors (Lipinski definition) is 3. The Morgan fingerprint density at radius 1 is 0.839 bits per heavy atom. The highest BCUT2D eigenvalue weighted by Crippen LogP contribution is 2.38. The molecule has 1 fully saturated rings. The molecule has 5 rings (SSSR count). The molecular weight excluding hydrogens is 407 g/mol. The monoisotopic (exact) mass is 430 g/mol. The van der Waals surface area contributed by atoms with Crippen LogP contribution in [0.1, 0.15) is 27.7 Å². The van der Waals surface area contributed by atoms with Crippen molar-refractivity contribution in [2.24, 2.45) is 0 Å². The van der Waals surface area contributed by atoms with Crippen LogP contribution in [0.15, 0.2) is 72.8 Å². The van der Waals surface area contributed by atoms with E-state index in [4.69, 9.17) is 25.9 Å². The summed E-state index contributed by atoms with van der Waals surface area (Å²) in [4.78, 5) is 5.08. The van der Waals surface area contributed by atoms with E-state index >= 15 is 0 Å². The van der Waals surface area contributed by atoms with Gasteiger partial charge in [0.1, 0.15) is 5.82 Å². The first-order chi connectivity index (χ1) is 14.8. The Hall–Kier alpha value is -2.60. The molecule has 3 aromatic carbocycles. The minimum absolute atomic E-state index is 0.448. The van der Waals surface area contributed by atoms with Crippen molar-refractivity contribution < 1.29 is 9.31 Å². The fraction of sp³-hybridized carbons (Fsp3) is 0.240. The second kappa shape index (κ2) is 7.23. The Labute approximate surface area is 187 Å². The fourth-order valence-electron chi connectivity index (χ4n) is 3.94. The van der Waals surface area contributed by atoms with Gasteiger partial charge in [0.05, 0.1) is 22.2 Å². The number of nitrogens with zero attached hydrogens (tertiary/aromatic N) is 2. The molecule has 0 saturated carbocycles. The summed E-state index contributed by atoms with van der Waals surface area (Å²) in [5, 5.41) is 0.619. The summed E-state index contributed by atoms with van der Waals surface area (Å²) in [5.41, 5.74) is 3.73. The van der Waals surface area contributed by atoms with Gasteiger partial charge < -0.3 is 9.31 Å². The molecule has 1 aromatic heterocycles. The van der Waals surface area contributed by atoms with Crippen LogP contribution >= 0.6 is 11.6 Å². The van der Waals surface area contributed by atoms with Gasteiger partial charge in [0, 0.05) is 21.7 Å². The van der Waals surface area contributed by atoms with Crippen molar-refractivity contribution in [3.63, 3.8) is 0 Å². The van der Waals surface area contributed by atoms with E-state index in [1.54, 1.807) is 0 Å². The molecule has 0 aliphatic carbocycles. The molecule has 156 valence electrons. The number of rotatable bonds is 3. The number of fused-ring (bicyclic) bond motifs is 1. The van der Waals surface area contributed by atoms with Crippen molar-refractivity contribution in [3.05, 3.63) is 77.8 Å². The second-order valence-corrected chi connectivity index (χ2v) is 9.36. The van der Waals surface area contributed by atoms with Gasteiger partial charge in [0.15, 0.2) is 0 Å². The van der Waals surface area contributed by atoms with Gasteiger partial charge in [-0.2, -0.15) is 0 Å². The van der Waals surface area contributed by atoms with Crippen LogP contribution in [0.2, 0.25) is 5.02 Å². The van der Waals surface area contributed by atoms with Gasteiger partial charge in [-0.05, 0) is 52.0 Å². The maximum Gasteiger partial charge on any atom is 0.497 e. The number of benzene rings is 3. The minimum atomic E-state index is -0.547. The molecule has 0 unspecified atom stereocenters. The third-order valence-electron chi connectivity index (χ3n) is 6.31. The van der Waals surface area contributed by atoms with Crippen LogP contribution in [0.4, 0.5) is 0 Å². The molecular formula is C25H24BClN2O2. The minimum Gasteiger partial charge on any atom is -0.399 e. The SMILES string of the molecule is CC1(C)OB(c2cc(Cl)cc3c2nc(-c2ccccc2)n3-c2ccccc2)OC1(C)C. The molecule has 0 radical (unpaired) electrons. The zero-order valence-corrected chi connectivity index (χ0v) is 18.9. The van der Waals surface area contributed by atoms with E-state index in [9.17, 15) is 0 Å². The summed E-state index contributed by atoms with van der Waals surface area (Å²) < 4.78 is 14.8. The first-order valence-corrected chi connectivity index (χ1v) is 10.8. The third-order valence-corrected chi connectivity index (χ3v) is 6.53. The van der Waals surface area contributed by atoms with Gasteiger partial charge in [0.2, 0.25) is 0 Å². The number of halogens is 1. The summed E-state index contributed by atoms with van der Waals surface area (Å²) in [6.07, 6.45) is 0. The summed E-state index contributed by atoms with van der Waals surface area (Å²) in [7, 11) is -0.547. The second-order valence-electron chi connectivity index (χ2n) is 8.92. The van der Waals surface area contributed by atoms with Crippen molar-refractivity contribution in [1.29, 1.82) is 0 Å². The normalized spacial score (nSPS) is 17.4. The van der Waals surface area contributed by atoms with Gasteiger partial charge in [0.25, 0.3) is 0 Å². The molecule has 6 heteroatoms. The summed E-state index contributed by atoms with van der Waals surface area (Å²) in [6.45, 7) is 8.19. The van der Waals surface area contributed by atoms with Crippen molar-refractivity contribution >= 4 is 35.2 Å². The van der Waals surface area contributed by atoms with Gasteiger partial charge in [-0.15, -0.1) is 0 Å². The number of para-hydroxylation sites is 1. The van der Waals surface area contributed by atoms with Crippen molar-refractivity contribution in [1.82, 2.24) is 9.55 Å². The van der Waals surface area contributed by atoms with E-state index in [0.717, 1.165) is 33.6 Å². The lowest BCUT2D eigenvalue weighted by Crippen LogP contribution is -2.41. The van der Waals surface area contributed by atoms with Crippen molar-refractivity contribution in [3.8, 4) is 17.1 Å². The van der Waals surface area contributed by atoms with Crippen LogP contribution in [0.5, 0.6) is 0 Å². The lowest BCUT2D eigenvalue weighted by atomic mass is 9.78. The molecule has 31 heavy (non-hydrogen) atoms. The van der Waals surface area contributed by atoms with E-state index in [0.29, 0.717) is 5.02 Å². The average molecular weight is 431 g/mol. The van der Waals surface area contributed by atoms with Gasteiger partial charge >= 0.3 is 7.12 Å². The summed E-state index contributed by atoms with van der Waals surface area (Å²) in [6, 6.07) is 24.2. The molecule has 0 amide bonds. The Balaban J connectivity index is 1.78. The molecule has 0 bridgehead atoms. The van der Waals surface area contributed by atoms with Gasteiger partial charge in [-0.25, -0.2) is 4.98 Å². The fourth-order valence-corrected chi connectivity index (χ4v) is 4.16. The molecule has 1 saturated heterocycles. The largest absolute Gasteiger partial charge is 0.497 e. The van der Waals surface area contributed by atoms with Crippen LogP contribution in [0, 0.1) is 0 Å². The van der Waals surface area contributed by atoms with Crippen LogP contribution < -0.4 is 5.46 Å². The first-order valence-electron chi connectivity index (χ1n) is 10.5. The van der Waals surface area contributed by atoms with Crippen LogP contribution in [0.3, 0.4) is 0 Å². The highest BCUT2D eigenvalue weighted by molar-refractivity contribution is 6.65. The van der Waals surface area contributed by atoms with E-state index in [-0.39, 0.29) is 0 Å². The molecule has 0 spiro atoms. The van der Waals surface area contributed by atoms with Crippen molar-refractivity contribution in [2.75, 3.05) is 0 Å². The standard InChI is InChI=1S/C25H24BClN2O2/c1-24(2)25(3,4)31-26(30-24)20-15-18(27)16-21-22(20)28-23(17-11-7-5-8-12-17)29(21)19-13-9-6-10-14-19/h5-16H,1-4H3. The number of hydrogen-bond donors (Lipinski definition) is 0. The number of imidazole rings is 1. The molecule has 0 atom stereocenters. The highest BCUT2D eigenvalue weighted by atomic mass is 35.5. The zero-order chi connectivity index (χ0) is 21.8. The maximum absolute atomic E-state index is 6.61. The summed E-state index contributed by atoms with van der Waals surface area (Å²) in [5.74, 6) is 0.849. The lowest BCUT2D eigenvalue weighted by molar-refractivity contribution is 0.00578. The average Bonchev–Trinajstić information content (AvgIpc) is 3.22. The summed E-state index contributed by atoms with van der Waals surface area (Å²) >= 11 is 6.61. The molecule has 4 aromatic rings. The Bertz CT molecular complexity index is 1240.